The highest BCUT2D eigenvalue weighted by Crippen LogP contribution is 2.07. The van der Waals surface area contributed by atoms with Crippen LogP contribution in [-0.2, 0) is 4.74 Å². The molecule has 0 spiro atoms. The Labute approximate surface area is 99.0 Å². The minimum absolute atomic E-state index is 0.0775. The van der Waals surface area contributed by atoms with Crippen molar-refractivity contribution >= 4 is 17.2 Å². The molecule has 2 N–H and O–H groups in total. The molecule has 0 aliphatic rings. The lowest BCUT2D eigenvalue weighted by Crippen LogP contribution is -2.40. The summed E-state index contributed by atoms with van der Waals surface area (Å²) >= 11 is 4.91. The predicted molar refractivity (Wildman–Crippen MR) is 69.2 cm³/mol. The van der Waals surface area contributed by atoms with Crippen molar-refractivity contribution in [3.63, 3.8) is 0 Å². The summed E-state index contributed by atoms with van der Waals surface area (Å²) in [7, 11) is 0. The van der Waals surface area contributed by atoms with Crippen LogP contribution in [0, 0.1) is 0 Å². The average molecular weight is 232 g/mol. The number of ether oxygens (including phenoxy) is 1. The molecule has 0 aliphatic heterocycles. The van der Waals surface area contributed by atoms with Crippen LogP contribution >= 0.6 is 12.2 Å². The number of nitrogens with two attached hydrogens (primary N) is 1. The lowest BCUT2D eigenvalue weighted by molar-refractivity contribution is -0.0143. The zero-order valence-electron chi connectivity index (χ0n) is 10.5. The van der Waals surface area contributed by atoms with E-state index in [4.69, 9.17) is 22.7 Å². The molecule has 0 fully saturated rings. The van der Waals surface area contributed by atoms with Gasteiger partial charge in [0, 0.05) is 19.1 Å². The Morgan fingerprint density at radius 1 is 1.40 bits per heavy atom. The van der Waals surface area contributed by atoms with Gasteiger partial charge < -0.3 is 10.5 Å². The summed E-state index contributed by atoms with van der Waals surface area (Å²) in [6.45, 7) is 12.7. The molecular formula is C11H24N2OS. The molecule has 0 amide bonds. The largest absolute Gasteiger partial charge is 0.392 e. The Bertz CT molecular complexity index is 199. The van der Waals surface area contributed by atoms with Crippen LogP contribution in [0.3, 0.4) is 0 Å². The summed E-state index contributed by atoms with van der Waals surface area (Å²) in [5.74, 6) is 0. The van der Waals surface area contributed by atoms with E-state index in [1.54, 1.807) is 0 Å². The fraction of sp³-hybridized carbons (Fsp3) is 0.909. The topological polar surface area (TPSA) is 38.5 Å². The molecule has 0 saturated heterocycles. The van der Waals surface area contributed by atoms with Gasteiger partial charge in [0.15, 0.2) is 0 Å². The second kappa shape index (κ2) is 6.40. The first-order valence-corrected chi connectivity index (χ1v) is 5.79. The van der Waals surface area contributed by atoms with Gasteiger partial charge in [-0.1, -0.05) is 12.2 Å². The van der Waals surface area contributed by atoms with Gasteiger partial charge in [0.2, 0.25) is 0 Å². The van der Waals surface area contributed by atoms with Crippen molar-refractivity contribution in [2.45, 2.75) is 46.3 Å². The van der Waals surface area contributed by atoms with E-state index in [0.717, 1.165) is 6.54 Å². The van der Waals surface area contributed by atoms with E-state index < -0.39 is 0 Å². The number of nitrogens with zero attached hydrogens (tertiary/aromatic N) is 1. The van der Waals surface area contributed by atoms with Crippen LogP contribution in [0.1, 0.15) is 34.6 Å². The van der Waals surface area contributed by atoms with Gasteiger partial charge in [-0.3, -0.25) is 4.90 Å². The van der Waals surface area contributed by atoms with Crippen molar-refractivity contribution in [1.82, 2.24) is 4.90 Å². The summed E-state index contributed by atoms with van der Waals surface area (Å²) < 4.78 is 5.67. The fourth-order valence-corrected chi connectivity index (χ4v) is 1.35. The van der Waals surface area contributed by atoms with Crippen LogP contribution in [0.4, 0.5) is 0 Å². The molecule has 0 bridgehead atoms. The SMILES string of the molecule is CC(C)N(CCOC(C)(C)C)CC(N)=S. The van der Waals surface area contributed by atoms with E-state index in [1.807, 2.05) is 0 Å². The summed E-state index contributed by atoms with van der Waals surface area (Å²) in [6, 6.07) is 0.440. The zero-order chi connectivity index (χ0) is 12.1. The Morgan fingerprint density at radius 3 is 2.27 bits per heavy atom. The first-order chi connectivity index (χ1) is 6.72. The van der Waals surface area contributed by atoms with Crippen molar-refractivity contribution in [3.05, 3.63) is 0 Å². The smallest absolute Gasteiger partial charge is 0.0870 e. The maximum atomic E-state index is 5.67. The third-order valence-corrected chi connectivity index (χ3v) is 2.13. The van der Waals surface area contributed by atoms with Crippen molar-refractivity contribution in [1.29, 1.82) is 0 Å². The van der Waals surface area contributed by atoms with Gasteiger partial charge in [-0.05, 0) is 34.6 Å². The Hall–Kier alpha value is -0.190. The summed E-state index contributed by atoms with van der Waals surface area (Å²) in [6.07, 6.45) is 0. The summed E-state index contributed by atoms with van der Waals surface area (Å²) in [4.78, 5) is 2.76. The maximum absolute atomic E-state index is 5.67. The highest BCUT2D eigenvalue weighted by atomic mass is 32.1. The minimum Gasteiger partial charge on any atom is -0.392 e. The Morgan fingerprint density at radius 2 is 1.93 bits per heavy atom. The van der Waals surface area contributed by atoms with Gasteiger partial charge in [0.05, 0.1) is 17.2 Å². The predicted octanol–water partition coefficient (Wildman–Crippen LogP) is 1.80. The lowest BCUT2D eigenvalue weighted by Gasteiger charge is -2.28. The number of hydrogen-bond donors (Lipinski definition) is 1. The van der Waals surface area contributed by atoms with Crippen LogP contribution in [0.15, 0.2) is 0 Å². The van der Waals surface area contributed by atoms with Crippen LogP contribution in [0.25, 0.3) is 0 Å². The highest BCUT2D eigenvalue weighted by Gasteiger charge is 2.13. The molecule has 0 aromatic carbocycles. The molecule has 0 saturated carbocycles. The standard InChI is InChI=1S/C11H24N2OS/c1-9(2)13(8-10(12)15)6-7-14-11(3,4)5/h9H,6-8H2,1-5H3,(H2,12,15). The molecule has 0 unspecified atom stereocenters. The van der Waals surface area contributed by atoms with Crippen molar-refractivity contribution in [3.8, 4) is 0 Å². The lowest BCUT2D eigenvalue weighted by atomic mass is 10.2. The third kappa shape index (κ3) is 8.78. The van der Waals surface area contributed by atoms with E-state index in [1.165, 1.54) is 0 Å². The monoisotopic (exact) mass is 232 g/mol. The van der Waals surface area contributed by atoms with Crippen molar-refractivity contribution in [2.75, 3.05) is 19.7 Å². The Balaban J connectivity index is 3.92. The highest BCUT2D eigenvalue weighted by molar-refractivity contribution is 7.80. The first-order valence-electron chi connectivity index (χ1n) is 5.38. The van der Waals surface area contributed by atoms with E-state index >= 15 is 0 Å². The number of rotatable bonds is 6. The zero-order valence-corrected chi connectivity index (χ0v) is 11.4. The van der Waals surface area contributed by atoms with Gasteiger partial charge in [-0.25, -0.2) is 0 Å². The van der Waals surface area contributed by atoms with Crippen molar-refractivity contribution in [2.24, 2.45) is 5.73 Å². The second-order valence-corrected chi connectivity index (χ2v) is 5.52. The second-order valence-electron chi connectivity index (χ2n) is 4.99. The van der Waals surface area contributed by atoms with Gasteiger partial charge >= 0.3 is 0 Å². The number of thiocarbonyl (C=S) groups is 1. The van der Waals surface area contributed by atoms with Crippen molar-refractivity contribution < 1.29 is 4.74 Å². The average Bonchev–Trinajstić information content (AvgIpc) is 1.99. The molecule has 0 heterocycles. The molecule has 4 heteroatoms. The molecule has 90 valence electrons. The van der Waals surface area contributed by atoms with Gasteiger partial charge in [0.25, 0.3) is 0 Å². The molecule has 0 aromatic heterocycles. The molecule has 3 nitrogen and oxygen atoms in total. The molecule has 0 atom stereocenters. The molecule has 15 heavy (non-hydrogen) atoms. The van der Waals surface area contributed by atoms with Gasteiger partial charge in [0.1, 0.15) is 0 Å². The normalized spacial score (nSPS) is 12.5. The minimum atomic E-state index is -0.0775. The first kappa shape index (κ1) is 14.8. The quantitative estimate of drug-likeness (QED) is 0.709. The van der Waals surface area contributed by atoms with Crippen LogP contribution in [-0.4, -0.2) is 41.2 Å². The molecule has 0 radical (unpaired) electrons. The molecule has 0 rings (SSSR count). The maximum Gasteiger partial charge on any atom is 0.0870 e. The van der Waals surface area contributed by atoms with E-state index in [-0.39, 0.29) is 5.60 Å². The van der Waals surface area contributed by atoms with Crippen LogP contribution in [0.2, 0.25) is 0 Å². The van der Waals surface area contributed by atoms with E-state index in [0.29, 0.717) is 24.2 Å². The van der Waals surface area contributed by atoms with Crippen LogP contribution in [0.5, 0.6) is 0 Å². The van der Waals surface area contributed by atoms with Gasteiger partial charge in [-0.15, -0.1) is 0 Å². The Kier molecular flexibility index (Phi) is 6.32. The third-order valence-electron chi connectivity index (χ3n) is 2.00. The van der Waals surface area contributed by atoms with E-state index in [2.05, 4.69) is 39.5 Å². The van der Waals surface area contributed by atoms with E-state index in [9.17, 15) is 0 Å². The fourth-order valence-electron chi connectivity index (χ4n) is 1.19. The molecular weight excluding hydrogens is 208 g/mol. The van der Waals surface area contributed by atoms with Crippen LogP contribution < -0.4 is 5.73 Å². The summed E-state index contributed by atoms with van der Waals surface area (Å²) in [5, 5.41) is 0. The molecule has 0 aromatic rings. The molecule has 0 aliphatic carbocycles. The number of hydrogen-bond acceptors (Lipinski definition) is 3. The van der Waals surface area contributed by atoms with Gasteiger partial charge in [-0.2, -0.15) is 0 Å². The summed E-state index contributed by atoms with van der Waals surface area (Å²) in [5.41, 5.74) is 5.46.